The molecule has 3 rings (SSSR count). The molecule has 0 saturated carbocycles. The summed E-state index contributed by atoms with van der Waals surface area (Å²) in [5.41, 5.74) is -1.88. The van der Waals surface area contributed by atoms with E-state index in [2.05, 4.69) is 0 Å². The molecule has 0 bridgehead atoms. The summed E-state index contributed by atoms with van der Waals surface area (Å²) >= 11 is 0. The number of anilines is 2. The van der Waals surface area contributed by atoms with E-state index in [-0.39, 0.29) is 42.8 Å². The van der Waals surface area contributed by atoms with Gasteiger partial charge < -0.3 is 26.0 Å². The van der Waals surface area contributed by atoms with Gasteiger partial charge in [0.15, 0.2) is 5.82 Å². The fourth-order valence-corrected chi connectivity index (χ4v) is 5.28. The minimum absolute atomic E-state index is 0. The number of fused-ring (bicyclic) bond motifs is 1. The van der Waals surface area contributed by atoms with Crippen LogP contribution in [0.25, 0.3) is 0 Å². The number of aromatic hydroxyl groups is 1. The molecule has 1 fully saturated rings. The third-order valence-electron chi connectivity index (χ3n) is 5.31. The van der Waals surface area contributed by atoms with Crippen LogP contribution >= 0.6 is 0 Å². The first-order valence-corrected chi connectivity index (χ1v) is 12.3. The van der Waals surface area contributed by atoms with Gasteiger partial charge in [-0.15, -0.1) is 0 Å². The molecule has 2 aliphatic heterocycles. The van der Waals surface area contributed by atoms with Crippen molar-refractivity contribution in [2.24, 2.45) is 5.92 Å². The fourth-order valence-electron chi connectivity index (χ4n) is 4.12. The van der Waals surface area contributed by atoms with E-state index in [9.17, 15) is 33.0 Å². The van der Waals surface area contributed by atoms with Crippen LogP contribution in [-0.2, 0) is 26.2 Å². The van der Waals surface area contributed by atoms with Crippen molar-refractivity contribution in [2.75, 3.05) is 28.8 Å². The number of phenols is 1. The van der Waals surface area contributed by atoms with Crippen LogP contribution in [0.3, 0.4) is 0 Å². The zero-order chi connectivity index (χ0) is 26.5. The molecule has 0 spiro atoms. The van der Waals surface area contributed by atoms with Crippen LogP contribution in [0.4, 0.5) is 25.4 Å². The van der Waals surface area contributed by atoms with Crippen molar-refractivity contribution in [3.8, 4) is 5.75 Å². The third-order valence-corrected chi connectivity index (χ3v) is 6.68. The van der Waals surface area contributed by atoms with Crippen LogP contribution in [-0.4, -0.2) is 72.9 Å². The molecule has 202 valence electrons. The lowest BCUT2D eigenvalue weighted by molar-refractivity contribution is -0.117. The summed E-state index contributed by atoms with van der Waals surface area (Å²) in [6, 6.07) is 0.00772. The summed E-state index contributed by atoms with van der Waals surface area (Å²) in [6.07, 6.45) is -2.31. The summed E-state index contributed by atoms with van der Waals surface area (Å²) < 4.78 is 47.5. The van der Waals surface area contributed by atoms with Crippen molar-refractivity contribution >= 4 is 39.7 Å². The van der Waals surface area contributed by atoms with Gasteiger partial charge in [0.1, 0.15) is 23.6 Å². The average molecular weight is 534 g/mol. The van der Waals surface area contributed by atoms with Crippen molar-refractivity contribution in [2.45, 2.75) is 52.7 Å². The normalized spacial score (nSPS) is 18.5. The van der Waals surface area contributed by atoms with Gasteiger partial charge in [-0.3, -0.25) is 9.69 Å². The molecule has 1 aromatic rings. The predicted octanol–water partition coefficient (Wildman–Crippen LogP) is 2.18. The lowest BCUT2D eigenvalue weighted by Crippen LogP contribution is -2.48. The zero-order valence-corrected chi connectivity index (χ0v) is 21.6. The Morgan fingerprint density at radius 2 is 1.94 bits per heavy atom. The monoisotopic (exact) mass is 533 g/mol. The molecule has 0 unspecified atom stereocenters. The summed E-state index contributed by atoms with van der Waals surface area (Å²) in [6.45, 7) is 8.19. The SMILES string of the molecule is CC(C)CN(C[C@H]1Cc2c(cc(O)c(N3CC(=O)NS3(=O)=O)c2F)N1C(=O)O)C(=O)OC(C)(C)C.N. The number of ether oxygens (including phenoxy) is 1. The van der Waals surface area contributed by atoms with E-state index in [0.29, 0.717) is 4.31 Å². The fraction of sp³-hybridized carbons (Fsp3) is 0.571. The number of benzene rings is 1. The Morgan fingerprint density at radius 1 is 1.33 bits per heavy atom. The van der Waals surface area contributed by atoms with Gasteiger partial charge in [0.05, 0.1) is 11.7 Å². The highest BCUT2D eigenvalue weighted by Gasteiger charge is 2.43. The second-order valence-corrected chi connectivity index (χ2v) is 11.5. The molecule has 0 radical (unpaired) electrons. The molecule has 13 nitrogen and oxygen atoms in total. The van der Waals surface area contributed by atoms with E-state index in [1.165, 1.54) is 4.90 Å². The van der Waals surface area contributed by atoms with E-state index < -0.39 is 63.7 Å². The van der Waals surface area contributed by atoms with E-state index in [1.807, 2.05) is 13.8 Å². The van der Waals surface area contributed by atoms with Gasteiger partial charge in [0, 0.05) is 31.1 Å². The highest BCUT2D eigenvalue weighted by atomic mass is 32.2. The molecule has 3 amide bonds. The van der Waals surface area contributed by atoms with Gasteiger partial charge in [-0.2, -0.15) is 8.42 Å². The van der Waals surface area contributed by atoms with Crippen molar-refractivity contribution < 1.29 is 42.1 Å². The van der Waals surface area contributed by atoms with E-state index in [0.717, 1.165) is 11.0 Å². The van der Waals surface area contributed by atoms with Gasteiger partial charge in [-0.25, -0.2) is 23.0 Å². The van der Waals surface area contributed by atoms with Gasteiger partial charge in [-0.05, 0) is 26.7 Å². The topological polar surface area (TPSA) is 192 Å². The Labute approximate surface area is 208 Å². The lowest BCUT2D eigenvalue weighted by atomic mass is 10.1. The summed E-state index contributed by atoms with van der Waals surface area (Å²) in [7, 11) is -4.42. The summed E-state index contributed by atoms with van der Waals surface area (Å²) in [5, 5.41) is 20.3. The number of amides is 3. The number of halogens is 1. The number of nitrogens with zero attached hydrogens (tertiary/aromatic N) is 3. The maximum absolute atomic E-state index is 15.6. The number of carbonyl (C=O) groups excluding carboxylic acids is 2. The van der Waals surface area contributed by atoms with Crippen LogP contribution < -0.4 is 20.1 Å². The standard InChI is InChI=1S/C21H29FN4O8S.H3N/c1-11(2)8-24(20(31)34-21(3,4)5)9-12-6-13-14(26(12)19(29)30)7-15(27)18(17(13)22)25-10-16(28)23-35(25,32)33;/h7,11-12,27H,6,8-10H2,1-5H3,(H,23,28)(H,29,30);1H3/t12-;/m1./s1. The van der Waals surface area contributed by atoms with Crippen LogP contribution in [0.15, 0.2) is 6.07 Å². The number of carbonyl (C=O) groups is 3. The number of hydrogen-bond acceptors (Lipinski definition) is 8. The first-order chi connectivity index (χ1) is 16.0. The van der Waals surface area contributed by atoms with E-state index >= 15 is 4.39 Å². The minimum atomic E-state index is -4.42. The highest BCUT2D eigenvalue weighted by molar-refractivity contribution is 7.92. The Kier molecular flexibility index (Phi) is 8.00. The molecule has 0 aliphatic carbocycles. The number of hydrogen-bond donors (Lipinski definition) is 4. The van der Waals surface area contributed by atoms with Crippen LogP contribution in [0.5, 0.6) is 5.75 Å². The van der Waals surface area contributed by atoms with Crippen LogP contribution in [0, 0.1) is 11.7 Å². The third kappa shape index (κ3) is 5.73. The van der Waals surface area contributed by atoms with Crippen LogP contribution in [0.2, 0.25) is 0 Å². The maximum Gasteiger partial charge on any atom is 0.412 e. The van der Waals surface area contributed by atoms with E-state index in [1.54, 1.807) is 25.5 Å². The second-order valence-electron chi connectivity index (χ2n) is 9.88. The first-order valence-electron chi connectivity index (χ1n) is 10.9. The van der Waals surface area contributed by atoms with Crippen molar-refractivity contribution in [3.05, 3.63) is 17.4 Å². The Morgan fingerprint density at radius 3 is 2.42 bits per heavy atom. The summed E-state index contributed by atoms with van der Waals surface area (Å²) in [4.78, 5) is 38.7. The predicted molar refractivity (Wildman–Crippen MR) is 128 cm³/mol. The second kappa shape index (κ2) is 9.97. The molecular weight excluding hydrogens is 501 g/mol. The molecule has 36 heavy (non-hydrogen) atoms. The van der Waals surface area contributed by atoms with Gasteiger partial charge in [-0.1, -0.05) is 13.8 Å². The molecule has 2 heterocycles. The summed E-state index contributed by atoms with van der Waals surface area (Å²) in [5.74, 6) is -2.90. The number of phenolic OH excluding ortho intramolecular Hbond substituents is 1. The molecule has 2 aliphatic rings. The van der Waals surface area contributed by atoms with Gasteiger partial charge in [0.2, 0.25) is 0 Å². The molecule has 1 saturated heterocycles. The molecule has 6 N–H and O–H groups in total. The zero-order valence-electron chi connectivity index (χ0n) is 20.7. The smallest absolute Gasteiger partial charge is 0.412 e. The number of carboxylic acid groups (broad SMARTS) is 1. The first kappa shape index (κ1) is 28.9. The largest absolute Gasteiger partial charge is 0.506 e. The number of rotatable bonds is 5. The Balaban J connectivity index is 0.00000456. The molecule has 0 aromatic heterocycles. The minimum Gasteiger partial charge on any atom is -0.506 e. The molecule has 1 aromatic carbocycles. The Bertz CT molecular complexity index is 1170. The van der Waals surface area contributed by atoms with Crippen molar-refractivity contribution in [1.82, 2.24) is 15.8 Å². The van der Waals surface area contributed by atoms with Crippen molar-refractivity contribution in [3.63, 3.8) is 0 Å². The molecule has 15 heteroatoms. The van der Waals surface area contributed by atoms with Crippen molar-refractivity contribution in [1.29, 1.82) is 0 Å². The quantitative estimate of drug-likeness (QED) is 0.439. The van der Waals surface area contributed by atoms with Crippen LogP contribution in [0.1, 0.15) is 40.2 Å². The van der Waals surface area contributed by atoms with Gasteiger partial charge >= 0.3 is 22.4 Å². The van der Waals surface area contributed by atoms with Gasteiger partial charge in [0.25, 0.3) is 5.91 Å². The average Bonchev–Trinajstić information content (AvgIpc) is 3.15. The maximum atomic E-state index is 15.6. The highest BCUT2D eigenvalue weighted by Crippen LogP contribution is 2.44. The number of nitrogens with one attached hydrogen (secondary N) is 1. The molecule has 1 atom stereocenters. The lowest BCUT2D eigenvalue weighted by Gasteiger charge is -2.32. The Hall–Kier alpha value is -3.33. The van der Waals surface area contributed by atoms with E-state index in [4.69, 9.17) is 4.74 Å². The molecular formula is C21H32FN5O8S.